The van der Waals surface area contributed by atoms with Gasteiger partial charge >= 0.3 is 0 Å². The number of hydrogen-bond donors (Lipinski definition) is 2. The zero-order valence-electron chi connectivity index (χ0n) is 14.7. The van der Waals surface area contributed by atoms with E-state index in [-0.39, 0.29) is 40.9 Å². The maximum atomic E-state index is 12.5. The number of amides is 1. The van der Waals surface area contributed by atoms with E-state index in [9.17, 15) is 13.2 Å². The second-order valence-electron chi connectivity index (χ2n) is 6.14. The van der Waals surface area contributed by atoms with Crippen LogP contribution in [0.15, 0.2) is 23.1 Å². The van der Waals surface area contributed by atoms with Gasteiger partial charge in [-0.05, 0) is 44.4 Å². The summed E-state index contributed by atoms with van der Waals surface area (Å²) in [5.74, 6) is 0.0212. The van der Waals surface area contributed by atoms with Crippen LogP contribution < -0.4 is 15.8 Å². The summed E-state index contributed by atoms with van der Waals surface area (Å²) in [6, 6.07) is 4.71. The lowest BCUT2D eigenvalue weighted by Gasteiger charge is -2.17. The highest BCUT2D eigenvalue weighted by atomic mass is 35.5. The fraction of sp³-hybridized carbons (Fsp3) is 0.562. The maximum Gasteiger partial charge on any atom is 0.246 e. The number of carbonyl (C=O) groups excluding carboxylic acids is 1. The van der Waals surface area contributed by atoms with Gasteiger partial charge in [0.2, 0.25) is 15.9 Å². The maximum absolute atomic E-state index is 12.5. The SMILES string of the molecule is CCOc1ccc(NC(=O)C2CCC(N)C2)cc1S(=O)(=O)N(C)C.Cl. The van der Waals surface area contributed by atoms with Gasteiger partial charge in [0, 0.05) is 31.7 Å². The number of anilines is 1. The van der Waals surface area contributed by atoms with E-state index in [0.29, 0.717) is 18.7 Å². The molecule has 1 saturated carbocycles. The van der Waals surface area contributed by atoms with Crippen LogP contribution in [-0.2, 0) is 14.8 Å². The average molecular weight is 392 g/mol. The van der Waals surface area contributed by atoms with Crippen LogP contribution in [0.25, 0.3) is 0 Å². The van der Waals surface area contributed by atoms with E-state index in [1.807, 2.05) is 0 Å². The Hall–Kier alpha value is -1.35. The van der Waals surface area contributed by atoms with E-state index in [1.54, 1.807) is 19.1 Å². The summed E-state index contributed by atoms with van der Waals surface area (Å²) < 4.78 is 31.5. The molecule has 0 aliphatic heterocycles. The summed E-state index contributed by atoms with van der Waals surface area (Å²) in [6.45, 7) is 2.13. The Bertz CT molecular complexity index is 709. The van der Waals surface area contributed by atoms with Gasteiger partial charge in [-0.3, -0.25) is 4.79 Å². The number of nitrogens with two attached hydrogens (primary N) is 1. The number of halogens is 1. The molecular weight excluding hydrogens is 366 g/mol. The van der Waals surface area contributed by atoms with Crippen LogP contribution in [-0.4, -0.2) is 45.4 Å². The molecule has 9 heteroatoms. The van der Waals surface area contributed by atoms with Gasteiger partial charge in [0.1, 0.15) is 10.6 Å². The van der Waals surface area contributed by atoms with Crippen molar-refractivity contribution in [3.05, 3.63) is 18.2 Å². The molecule has 25 heavy (non-hydrogen) atoms. The van der Waals surface area contributed by atoms with Crippen molar-refractivity contribution >= 4 is 34.0 Å². The van der Waals surface area contributed by atoms with Crippen LogP contribution in [0.1, 0.15) is 26.2 Å². The van der Waals surface area contributed by atoms with Crippen LogP contribution in [0, 0.1) is 5.92 Å². The summed E-state index contributed by atoms with van der Waals surface area (Å²) in [6.07, 6.45) is 2.25. The third-order valence-corrected chi connectivity index (χ3v) is 5.95. The fourth-order valence-corrected chi connectivity index (χ4v) is 3.81. The smallest absolute Gasteiger partial charge is 0.246 e. The van der Waals surface area contributed by atoms with Crippen molar-refractivity contribution in [3.8, 4) is 5.75 Å². The van der Waals surface area contributed by atoms with Crippen LogP contribution >= 0.6 is 12.4 Å². The van der Waals surface area contributed by atoms with E-state index >= 15 is 0 Å². The Labute approximate surface area is 155 Å². The number of nitrogens with one attached hydrogen (secondary N) is 1. The first-order valence-corrected chi connectivity index (χ1v) is 9.45. The minimum atomic E-state index is -3.68. The molecule has 3 N–H and O–H groups in total. The van der Waals surface area contributed by atoms with Gasteiger partial charge in [-0.25, -0.2) is 12.7 Å². The van der Waals surface area contributed by atoms with Crippen LogP contribution in [0.5, 0.6) is 5.75 Å². The number of nitrogens with zero attached hydrogens (tertiary/aromatic N) is 1. The Morgan fingerprint density at radius 1 is 1.36 bits per heavy atom. The van der Waals surface area contributed by atoms with Gasteiger partial charge in [0.25, 0.3) is 0 Å². The molecule has 1 aliphatic carbocycles. The second kappa shape index (κ2) is 8.84. The van der Waals surface area contributed by atoms with Gasteiger partial charge in [0.15, 0.2) is 0 Å². The molecule has 0 spiro atoms. The first kappa shape index (κ1) is 21.7. The lowest BCUT2D eigenvalue weighted by atomic mass is 10.1. The molecule has 2 unspecified atom stereocenters. The summed E-state index contributed by atoms with van der Waals surface area (Å²) in [4.78, 5) is 12.3. The minimum Gasteiger partial charge on any atom is -0.492 e. The molecular formula is C16H26ClN3O4S. The normalized spacial score (nSPS) is 20.2. The average Bonchev–Trinajstić information content (AvgIpc) is 2.95. The summed E-state index contributed by atoms with van der Waals surface area (Å²) in [7, 11) is -0.770. The quantitative estimate of drug-likeness (QED) is 0.770. The molecule has 1 aromatic rings. The molecule has 0 heterocycles. The van der Waals surface area contributed by atoms with Crippen molar-refractivity contribution in [2.24, 2.45) is 11.7 Å². The van der Waals surface area contributed by atoms with Gasteiger partial charge < -0.3 is 15.8 Å². The van der Waals surface area contributed by atoms with Gasteiger partial charge in [-0.2, -0.15) is 0 Å². The number of carbonyl (C=O) groups is 1. The lowest BCUT2D eigenvalue weighted by molar-refractivity contribution is -0.119. The minimum absolute atomic E-state index is 0. The van der Waals surface area contributed by atoms with Gasteiger partial charge in [-0.1, -0.05) is 0 Å². The highest BCUT2D eigenvalue weighted by Gasteiger charge is 2.28. The lowest BCUT2D eigenvalue weighted by Crippen LogP contribution is -2.25. The molecule has 2 atom stereocenters. The van der Waals surface area contributed by atoms with Crippen molar-refractivity contribution in [1.82, 2.24) is 4.31 Å². The third kappa shape index (κ3) is 5.07. The van der Waals surface area contributed by atoms with Crippen molar-refractivity contribution in [1.29, 1.82) is 0 Å². The van der Waals surface area contributed by atoms with Gasteiger partial charge in [-0.15, -0.1) is 12.4 Å². The fourth-order valence-electron chi connectivity index (χ4n) is 2.76. The molecule has 1 aromatic carbocycles. The Kier molecular flexibility index (Phi) is 7.67. The van der Waals surface area contributed by atoms with Gasteiger partial charge in [0.05, 0.1) is 6.61 Å². The molecule has 0 bridgehead atoms. The van der Waals surface area contributed by atoms with E-state index < -0.39 is 10.0 Å². The molecule has 1 fully saturated rings. The van der Waals surface area contributed by atoms with E-state index in [2.05, 4.69) is 5.32 Å². The van der Waals surface area contributed by atoms with Crippen LogP contribution in [0.3, 0.4) is 0 Å². The molecule has 0 aromatic heterocycles. The van der Waals surface area contributed by atoms with Crippen LogP contribution in [0.4, 0.5) is 5.69 Å². The van der Waals surface area contributed by atoms with Crippen molar-refractivity contribution in [2.45, 2.75) is 37.1 Å². The summed E-state index contributed by atoms with van der Waals surface area (Å²) in [5.41, 5.74) is 6.28. The van der Waals surface area contributed by atoms with Crippen LogP contribution in [0.2, 0.25) is 0 Å². The zero-order valence-corrected chi connectivity index (χ0v) is 16.3. The van der Waals surface area contributed by atoms with E-state index in [1.165, 1.54) is 20.2 Å². The first-order chi connectivity index (χ1) is 11.3. The Morgan fingerprint density at radius 2 is 2.04 bits per heavy atom. The van der Waals surface area contributed by atoms with Crippen molar-refractivity contribution < 1.29 is 17.9 Å². The number of benzene rings is 1. The second-order valence-corrected chi connectivity index (χ2v) is 8.26. The largest absolute Gasteiger partial charge is 0.492 e. The monoisotopic (exact) mass is 391 g/mol. The Morgan fingerprint density at radius 3 is 2.56 bits per heavy atom. The molecule has 142 valence electrons. The van der Waals surface area contributed by atoms with E-state index in [4.69, 9.17) is 10.5 Å². The predicted octanol–water partition coefficient (Wildman–Crippen LogP) is 1.82. The topological polar surface area (TPSA) is 102 Å². The standard InChI is InChI=1S/C16H25N3O4S.ClH/c1-4-23-14-8-7-13(10-15(14)24(21,22)19(2)3)18-16(20)11-5-6-12(17)9-11;/h7-8,10-12H,4-6,9,17H2,1-3H3,(H,18,20);1H. The van der Waals surface area contributed by atoms with Crippen molar-refractivity contribution in [2.75, 3.05) is 26.0 Å². The highest BCUT2D eigenvalue weighted by molar-refractivity contribution is 7.89. The summed E-state index contributed by atoms with van der Waals surface area (Å²) >= 11 is 0. The zero-order chi connectivity index (χ0) is 17.9. The molecule has 0 radical (unpaired) electrons. The van der Waals surface area contributed by atoms with Crippen molar-refractivity contribution in [3.63, 3.8) is 0 Å². The highest BCUT2D eigenvalue weighted by Crippen LogP contribution is 2.30. The first-order valence-electron chi connectivity index (χ1n) is 8.01. The predicted molar refractivity (Wildman–Crippen MR) is 99.7 cm³/mol. The van der Waals surface area contributed by atoms with E-state index in [0.717, 1.165) is 17.1 Å². The number of sulfonamides is 1. The Balaban J connectivity index is 0.00000312. The third-order valence-electron chi connectivity index (χ3n) is 4.11. The molecule has 0 saturated heterocycles. The number of ether oxygens (including phenoxy) is 1. The molecule has 7 nitrogen and oxygen atoms in total. The number of hydrogen-bond acceptors (Lipinski definition) is 5. The summed E-state index contributed by atoms with van der Waals surface area (Å²) in [5, 5.41) is 2.79. The molecule has 2 rings (SSSR count). The molecule has 1 aliphatic rings. The molecule has 1 amide bonds. The number of rotatable bonds is 6.